The molecule has 6 heteroatoms. The van der Waals surface area contributed by atoms with E-state index in [1.807, 2.05) is 38.1 Å². The Balaban J connectivity index is 2.13. The number of benzene rings is 2. The molecule has 0 aliphatic rings. The number of hydrogen-bond donors (Lipinski definition) is 1. The van der Waals surface area contributed by atoms with Crippen molar-refractivity contribution in [2.24, 2.45) is 0 Å². The first-order valence-electron chi connectivity index (χ1n) is 7.82. The Morgan fingerprint density at radius 1 is 1.04 bits per heavy atom. The number of amides is 1. The Kier molecular flexibility index (Phi) is 6.31. The summed E-state index contributed by atoms with van der Waals surface area (Å²) in [4.78, 5) is 12.5. The highest BCUT2D eigenvalue weighted by atomic mass is 79.9. The molecule has 0 saturated carbocycles. The number of aryl methyl sites for hydroxylation is 2. The molecule has 25 heavy (non-hydrogen) atoms. The summed E-state index contributed by atoms with van der Waals surface area (Å²) in [5.74, 6) is 1.55. The van der Waals surface area contributed by atoms with Crippen molar-refractivity contribution >= 4 is 27.5 Å². The van der Waals surface area contributed by atoms with Gasteiger partial charge in [0, 0.05) is 11.8 Å². The van der Waals surface area contributed by atoms with E-state index in [4.69, 9.17) is 14.2 Å². The fraction of sp³-hybridized carbons (Fsp3) is 0.316. The van der Waals surface area contributed by atoms with E-state index in [9.17, 15) is 4.79 Å². The maximum Gasteiger partial charge on any atom is 0.265 e. The molecule has 2 aromatic carbocycles. The van der Waals surface area contributed by atoms with E-state index in [-0.39, 0.29) is 5.91 Å². The van der Waals surface area contributed by atoms with Gasteiger partial charge in [-0.1, -0.05) is 6.07 Å². The minimum Gasteiger partial charge on any atom is -0.493 e. The van der Waals surface area contributed by atoms with Gasteiger partial charge in [-0.05, 0) is 66.0 Å². The standard InChI is InChI=1S/C19H22BrNO4/c1-11-6-7-16(14(20)8-11)25-13(3)19(22)21-15-10-18(24-5)17(23-4)9-12(15)2/h6-10,13H,1-5H3,(H,21,22)/t13-/m1/s1. The molecule has 134 valence electrons. The summed E-state index contributed by atoms with van der Waals surface area (Å²) in [6.45, 7) is 5.59. The van der Waals surface area contributed by atoms with E-state index in [1.54, 1.807) is 27.2 Å². The number of carbonyl (C=O) groups excluding carboxylic acids is 1. The molecule has 0 heterocycles. The topological polar surface area (TPSA) is 56.8 Å². The molecule has 0 bridgehead atoms. The largest absolute Gasteiger partial charge is 0.493 e. The second-order valence-electron chi connectivity index (χ2n) is 5.71. The monoisotopic (exact) mass is 407 g/mol. The normalized spacial score (nSPS) is 11.6. The summed E-state index contributed by atoms with van der Waals surface area (Å²) in [5.41, 5.74) is 2.63. The van der Waals surface area contributed by atoms with Crippen LogP contribution >= 0.6 is 15.9 Å². The third-order valence-electron chi connectivity index (χ3n) is 3.75. The Morgan fingerprint density at radius 3 is 2.28 bits per heavy atom. The quantitative estimate of drug-likeness (QED) is 0.766. The summed E-state index contributed by atoms with van der Waals surface area (Å²) in [6, 6.07) is 9.27. The Morgan fingerprint density at radius 2 is 1.68 bits per heavy atom. The predicted octanol–water partition coefficient (Wildman–Crippen LogP) is 4.49. The average Bonchev–Trinajstić information content (AvgIpc) is 2.58. The lowest BCUT2D eigenvalue weighted by Gasteiger charge is -2.18. The minimum absolute atomic E-state index is 0.247. The van der Waals surface area contributed by atoms with Crippen LogP contribution in [0.4, 0.5) is 5.69 Å². The highest BCUT2D eigenvalue weighted by molar-refractivity contribution is 9.10. The number of nitrogens with one attached hydrogen (secondary N) is 1. The molecule has 5 nitrogen and oxygen atoms in total. The van der Waals surface area contributed by atoms with Gasteiger partial charge >= 0.3 is 0 Å². The van der Waals surface area contributed by atoms with Crippen molar-refractivity contribution in [3.63, 3.8) is 0 Å². The lowest BCUT2D eigenvalue weighted by Crippen LogP contribution is -2.30. The number of halogens is 1. The average molecular weight is 408 g/mol. The van der Waals surface area contributed by atoms with Gasteiger partial charge in [-0.3, -0.25) is 4.79 Å². The van der Waals surface area contributed by atoms with Crippen molar-refractivity contribution in [2.45, 2.75) is 26.9 Å². The first-order chi connectivity index (χ1) is 11.8. The number of rotatable bonds is 6. The third-order valence-corrected chi connectivity index (χ3v) is 4.37. The lowest BCUT2D eigenvalue weighted by molar-refractivity contribution is -0.122. The van der Waals surface area contributed by atoms with Crippen molar-refractivity contribution < 1.29 is 19.0 Å². The van der Waals surface area contributed by atoms with E-state index in [0.29, 0.717) is 22.9 Å². The Labute approximate surface area is 156 Å². The van der Waals surface area contributed by atoms with Crippen LogP contribution in [0, 0.1) is 13.8 Å². The first-order valence-corrected chi connectivity index (χ1v) is 8.61. The number of ether oxygens (including phenoxy) is 3. The van der Waals surface area contributed by atoms with E-state index in [2.05, 4.69) is 21.2 Å². The second-order valence-corrected chi connectivity index (χ2v) is 6.56. The van der Waals surface area contributed by atoms with Crippen LogP contribution in [0.2, 0.25) is 0 Å². The Hall–Kier alpha value is -2.21. The molecule has 1 N–H and O–H groups in total. The second kappa shape index (κ2) is 8.25. The molecule has 0 aliphatic carbocycles. The number of hydrogen-bond acceptors (Lipinski definition) is 4. The summed E-state index contributed by atoms with van der Waals surface area (Å²) in [5, 5.41) is 2.87. The number of carbonyl (C=O) groups is 1. The molecule has 0 unspecified atom stereocenters. The third kappa shape index (κ3) is 4.66. The van der Waals surface area contributed by atoms with Gasteiger partial charge < -0.3 is 19.5 Å². The minimum atomic E-state index is -0.661. The fourth-order valence-electron chi connectivity index (χ4n) is 2.30. The van der Waals surface area contributed by atoms with Gasteiger partial charge in [-0.25, -0.2) is 0 Å². The molecule has 0 saturated heterocycles. The van der Waals surface area contributed by atoms with E-state index in [1.165, 1.54) is 0 Å². The van der Waals surface area contributed by atoms with Crippen LogP contribution in [-0.2, 0) is 4.79 Å². The number of anilines is 1. The molecule has 1 atom stereocenters. The predicted molar refractivity (Wildman–Crippen MR) is 102 cm³/mol. The molecular formula is C19H22BrNO4. The summed E-state index contributed by atoms with van der Waals surface area (Å²) in [7, 11) is 3.13. The zero-order chi connectivity index (χ0) is 18.6. The van der Waals surface area contributed by atoms with Crippen LogP contribution in [0.3, 0.4) is 0 Å². The van der Waals surface area contributed by atoms with Crippen LogP contribution in [-0.4, -0.2) is 26.2 Å². The summed E-state index contributed by atoms with van der Waals surface area (Å²) >= 11 is 3.45. The molecule has 0 aromatic heterocycles. The molecule has 1 amide bonds. The molecule has 0 spiro atoms. The van der Waals surface area contributed by atoms with Gasteiger partial charge in [0.1, 0.15) is 5.75 Å². The van der Waals surface area contributed by atoms with Gasteiger partial charge in [0.25, 0.3) is 5.91 Å². The zero-order valence-electron chi connectivity index (χ0n) is 15.0. The maximum atomic E-state index is 12.5. The van der Waals surface area contributed by atoms with Crippen LogP contribution in [0.5, 0.6) is 17.2 Å². The fourth-order valence-corrected chi connectivity index (χ4v) is 2.88. The van der Waals surface area contributed by atoms with Gasteiger partial charge in [0.2, 0.25) is 0 Å². The van der Waals surface area contributed by atoms with Crippen molar-refractivity contribution in [3.05, 3.63) is 45.9 Å². The number of methoxy groups -OCH3 is 2. The molecule has 2 aromatic rings. The van der Waals surface area contributed by atoms with Gasteiger partial charge in [0.15, 0.2) is 17.6 Å². The van der Waals surface area contributed by atoms with Crippen molar-refractivity contribution in [1.29, 1.82) is 0 Å². The van der Waals surface area contributed by atoms with Gasteiger partial charge in [0.05, 0.1) is 18.7 Å². The van der Waals surface area contributed by atoms with E-state index >= 15 is 0 Å². The summed E-state index contributed by atoms with van der Waals surface area (Å²) < 4.78 is 17.1. The molecule has 2 rings (SSSR count). The van der Waals surface area contributed by atoms with E-state index < -0.39 is 6.10 Å². The van der Waals surface area contributed by atoms with Gasteiger partial charge in [-0.15, -0.1) is 0 Å². The highest BCUT2D eigenvalue weighted by Gasteiger charge is 2.18. The first kappa shape index (κ1) is 19.1. The van der Waals surface area contributed by atoms with Crippen LogP contribution in [0.1, 0.15) is 18.1 Å². The van der Waals surface area contributed by atoms with Crippen molar-refractivity contribution in [3.8, 4) is 17.2 Å². The van der Waals surface area contributed by atoms with Crippen LogP contribution in [0.15, 0.2) is 34.8 Å². The van der Waals surface area contributed by atoms with Gasteiger partial charge in [-0.2, -0.15) is 0 Å². The molecule has 0 aliphatic heterocycles. The maximum absolute atomic E-state index is 12.5. The highest BCUT2D eigenvalue weighted by Crippen LogP contribution is 2.33. The lowest BCUT2D eigenvalue weighted by atomic mass is 10.1. The molecule has 0 radical (unpaired) electrons. The van der Waals surface area contributed by atoms with Crippen molar-refractivity contribution in [1.82, 2.24) is 0 Å². The smallest absolute Gasteiger partial charge is 0.265 e. The summed E-state index contributed by atoms with van der Waals surface area (Å²) in [6.07, 6.45) is -0.661. The Bertz CT molecular complexity index is 776. The van der Waals surface area contributed by atoms with Crippen LogP contribution in [0.25, 0.3) is 0 Å². The van der Waals surface area contributed by atoms with Crippen molar-refractivity contribution in [2.75, 3.05) is 19.5 Å². The van der Waals surface area contributed by atoms with E-state index in [0.717, 1.165) is 15.6 Å². The van der Waals surface area contributed by atoms with Crippen LogP contribution < -0.4 is 19.5 Å². The SMILES string of the molecule is COc1cc(C)c(NC(=O)[C@@H](C)Oc2ccc(C)cc2Br)cc1OC. The zero-order valence-corrected chi connectivity index (χ0v) is 16.6. The molecule has 0 fully saturated rings. The molecular weight excluding hydrogens is 386 g/mol.